The molecule has 2 aliphatic carbocycles. The summed E-state index contributed by atoms with van der Waals surface area (Å²) < 4.78 is 0. The average Bonchev–Trinajstić information content (AvgIpc) is 3.53. The predicted octanol–water partition coefficient (Wildman–Crippen LogP) is 3.31. The fourth-order valence-electron chi connectivity index (χ4n) is 4.69. The molecule has 2 saturated carbocycles. The Balaban J connectivity index is 1.37. The molecule has 0 bridgehead atoms. The third-order valence-corrected chi connectivity index (χ3v) is 6.57. The fraction of sp³-hybridized carbons (Fsp3) is 0.609. The van der Waals surface area contributed by atoms with Gasteiger partial charge in [-0.15, -0.1) is 0 Å². The topological polar surface area (TPSA) is 57.7 Å². The maximum absolute atomic E-state index is 12.9. The number of rotatable bonds is 7. The summed E-state index contributed by atoms with van der Waals surface area (Å²) in [5.41, 5.74) is 2.43. The number of carbonyl (C=O) groups excluding carboxylic acids is 3. The summed E-state index contributed by atoms with van der Waals surface area (Å²) >= 11 is 0. The minimum atomic E-state index is -0.132. The van der Waals surface area contributed by atoms with E-state index in [4.69, 9.17) is 0 Å². The van der Waals surface area contributed by atoms with Crippen LogP contribution in [0.2, 0.25) is 0 Å². The number of likely N-dealkylation sites (tertiary alicyclic amines) is 1. The van der Waals surface area contributed by atoms with Crippen LogP contribution in [0.25, 0.3) is 0 Å². The van der Waals surface area contributed by atoms with E-state index in [1.54, 1.807) is 0 Å². The van der Waals surface area contributed by atoms with Gasteiger partial charge in [0.1, 0.15) is 0 Å². The molecule has 1 aliphatic heterocycles. The van der Waals surface area contributed by atoms with Crippen molar-refractivity contribution in [3.8, 4) is 0 Å². The van der Waals surface area contributed by atoms with E-state index in [1.165, 1.54) is 10.5 Å². The van der Waals surface area contributed by atoms with E-state index >= 15 is 0 Å². The van der Waals surface area contributed by atoms with Gasteiger partial charge in [-0.2, -0.15) is 0 Å². The van der Waals surface area contributed by atoms with Crippen LogP contribution in [0.15, 0.2) is 24.3 Å². The normalized spacial score (nSPS) is 24.4. The summed E-state index contributed by atoms with van der Waals surface area (Å²) in [4.78, 5) is 41.5. The molecule has 5 heteroatoms. The fourth-order valence-corrected chi connectivity index (χ4v) is 4.69. The lowest BCUT2D eigenvalue weighted by Crippen LogP contribution is -2.38. The maximum atomic E-state index is 12.9. The number of benzene rings is 1. The van der Waals surface area contributed by atoms with Gasteiger partial charge >= 0.3 is 0 Å². The van der Waals surface area contributed by atoms with Crippen molar-refractivity contribution < 1.29 is 14.4 Å². The Morgan fingerprint density at radius 1 is 0.964 bits per heavy atom. The summed E-state index contributed by atoms with van der Waals surface area (Å²) in [6.07, 6.45) is 7.03. The zero-order valence-electron chi connectivity index (χ0n) is 16.7. The van der Waals surface area contributed by atoms with Crippen LogP contribution in [-0.4, -0.2) is 40.1 Å². The summed E-state index contributed by atoms with van der Waals surface area (Å²) in [6.45, 7) is 2.98. The summed E-state index contributed by atoms with van der Waals surface area (Å²) in [6, 6.07) is 8.74. The Labute approximate surface area is 167 Å². The van der Waals surface area contributed by atoms with Crippen LogP contribution in [0.1, 0.15) is 63.0 Å². The van der Waals surface area contributed by atoms with Crippen molar-refractivity contribution in [1.29, 1.82) is 0 Å². The molecule has 1 aromatic carbocycles. The number of hydrogen-bond donors (Lipinski definition) is 0. The molecule has 0 aromatic heterocycles. The van der Waals surface area contributed by atoms with Gasteiger partial charge < -0.3 is 4.90 Å². The summed E-state index contributed by atoms with van der Waals surface area (Å²) in [5, 5.41) is 0. The quantitative estimate of drug-likeness (QED) is 0.680. The molecule has 3 aliphatic rings. The van der Waals surface area contributed by atoms with Crippen LogP contribution in [-0.2, 0) is 27.3 Å². The Hall–Kier alpha value is -2.17. The molecule has 2 unspecified atom stereocenters. The van der Waals surface area contributed by atoms with Crippen LogP contribution in [0.3, 0.4) is 0 Å². The van der Waals surface area contributed by atoms with Gasteiger partial charge in [0.05, 0.1) is 11.8 Å². The lowest BCUT2D eigenvalue weighted by molar-refractivity contribution is -0.141. The van der Waals surface area contributed by atoms with Crippen molar-refractivity contribution in [2.45, 2.75) is 70.9 Å². The molecule has 1 heterocycles. The monoisotopic (exact) mass is 382 g/mol. The van der Waals surface area contributed by atoms with Crippen LogP contribution in [0, 0.1) is 11.8 Å². The van der Waals surface area contributed by atoms with E-state index in [2.05, 4.69) is 31.2 Å². The van der Waals surface area contributed by atoms with E-state index < -0.39 is 0 Å². The SMILES string of the molecule is CCc1ccc(CN(C(=O)CCN2C(=O)C3CCCCC3C2=O)C2CC2)cc1. The zero-order chi connectivity index (χ0) is 19.7. The van der Waals surface area contributed by atoms with Crippen molar-refractivity contribution in [3.63, 3.8) is 0 Å². The number of imide groups is 1. The van der Waals surface area contributed by atoms with Crippen molar-refractivity contribution in [1.82, 2.24) is 9.80 Å². The molecule has 4 rings (SSSR count). The minimum absolute atomic E-state index is 0.0457. The van der Waals surface area contributed by atoms with Gasteiger partial charge in [-0.25, -0.2) is 0 Å². The van der Waals surface area contributed by atoms with Crippen molar-refractivity contribution >= 4 is 17.7 Å². The molecular weight excluding hydrogens is 352 g/mol. The van der Waals surface area contributed by atoms with Gasteiger partial charge in [0.25, 0.3) is 0 Å². The van der Waals surface area contributed by atoms with Gasteiger partial charge in [0.15, 0.2) is 0 Å². The molecule has 1 aromatic rings. The highest BCUT2D eigenvalue weighted by Gasteiger charge is 2.48. The maximum Gasteiger partial charge on any atom is 0.233 e. The van der Waals surface area contributed by atoms with Gasteiger partial charge in [-0.1, -0.05) is 44.0 Å². The number of nitrogens with zero attached hydrogens (tertiary/aromatic N) is 2. The largest absolute Gasteiger partial charge is 0.335 e. The van der Waals surface area contributed by atoms with Gasteiger partial charge in [0.2, 0.25) is 17.7 Å². The van der Waals surface area contributed by atoms with Gasteiger partial charge in [-0.05, 0) is 43.2 Å². The number of carbonyl (C=O) groups is 3. The molecule has 5 nitrogen and oxygen atoms in total. The van der Waals surface area contributed by atoms with Gasteiger partial charge in [0, 0.05) is 25.6 Å². The third kappa shape index (κ3) is 3.85. The minimum Gasteiger partial charge on any atom is -0.335 e. The summed E-state index contributed by atoms with van der Waals surface area (Å²) in [5.74, 6) is -0.301. The van der Waals surface area contributed by atoms with Gasteiger partial charge in [-0.3, -0.25) is 19.3 Å². The van der Waals surface area contributed by atoms with Crippen LogP contribution >= 0.6 is 0 Å². The second-order valence-corrected chi connectivity index (χ2v) is 8.50. The lowest BCUT2D eigenvalue weighted by Gasteiger charge is -2.24. The van der Waals surface area contributed by atoms with Crippen LogP contribution < -0.4 is 0 Å². The van der Waals surface area contributed by atoms with Crippen molar-refractivity contribution in [2.75, 3.05) is 6.54 Å². The molecule has 0 spiro atoms. The zero-order valence-corrected chi connectivity index (χ0v) is 16.7. The Morgan fingerprint density at radius 2 is 1.54 bits per heavy atom. The second kappa shape index (κ2) is 8.06. The molecule has 3 amide bonds. The number of fused-ring (bicyclic) bond motifs is 1. The lowest BCUT2D eigenvalue weighted by atomic mass is 9.81. The predicted molar refractivity (Wildman–Crippen MR) is 106 cm³/mol. The van der Waals surface area contributed by atoms with Crippen molar-refractivity contribution in [2.24, 2.45) is 11.8 Å². The van der Waals surface area contributed by atoms with Crippen LogP contribution in [0.4, 0.5) is 0 Å². The highest BCUT2D eigenvalue weighted by atomic mass is 16.2. The Kier molecular flexibility index (Phi) is 5.51. The first kappa shape index (κ1) is 19.2. The molecule has 2 atom stereocenters. The smallest absolute Gasteiger partial charge is 0.233 e. The molecule has 28 heavy (non-hydrogen) atoms. The first-order valence-electron chi connectivity index (χ1n) is 10.8. The molecular formula is C23H30N2O3. The first-order chi connectivity index (χ1) is 13.6. The molecule has 1 saturated heterocycles. The summed E-state index contributed by atoms with van der Waals surface area (Å²) in [7, 11) is 0. The second-order valence-electron chi connectivity index (χ2n) is 8.50. The first-order valence-corrected chi connectivity index (χ1v) is 10.8. The molecule has 0 radical (unpaired) electrons. The van der Waals surface area contributed by atoms with E-state index in [-0.39, 0.29) is 42.5 Å². The molecule has 0 N–H and O–H groups in total. The number of amides is 3. The Bertz CT molecular complexity index is 730. The van der Waals surface area contributed by atoms with Crippen LogP contribution in [0.5, 0.6) is 0 Å². The van der Waals surface area contributed by atoms with E-state index in [9.17, 15) is 14.4 Å². The highest BCUT2D eigenvalue weighted by Crippen LogP contribution is 2.38. The highest BCUT2D eigenvalue weighted by molar-refractivity contribution is 6.05. The number of aryl methyl sites for hydroxylation is 1. The third-order valence-electron chi connectivity index (χ3n) is 6.57. The number of hydrogen-bond acceptors (Lipinski definition) is 3. The Morgan fingerprint density at radius 3 is 2.07 bits per heavy atom. The van der Waals surface area contributed by atoms with E-state index in [0.29, 0.717) is 12.6 Å². The molecule has 3 fully saturated rings. The van der Waals surface area contributed by atoms with E-state index in [0.717, 1.165) is 50.5 Å². The molecule has 150 valence electrons. The average molecular weight is 383 g/mol. The standard InChI is InChI=1S/C23H30N2O3/c1-2-16-7-9-17(10-8-16)15-25(18-11-12-18)21(26)13-14-24-22(27)19-5-3-4-6-20(19)23(24)28/h7-10,18-20H,2-6,11-15H2,1H3. The van der Waals surface area contributed by atoms with Crippen molar-refractivity contribution in [3.05, 3.63) is 35.4 Å². The van der Waals surface area contributed by atoms with E-state index in [1.807, 2.05) is 4.90 Å².